The van der Waals surface area contributed by atoms with Gasteiger partial charge in [0.2, 0.25) is 0 Å². The number of ether oxygens (including phenoxy) is 1. The zero-order chi connectivity index (χ0) is 15.0. The number of nitrogens with one attached hydrogen (secondary N) is 2. The van der Waals surface area contributed by atoms with Gasteiger partial charge in [0.15, 0.2) is 0 Å². The van der Waals surface area contributed by atoms with Crippen molar-refractivity contribution in [3.63, 3.8) is 0 Å². The highest BCUT2D eigenvalue weighted by molar-refractivity contribution is 7.84. The van der Waals surface area contributed by atoms with Crippen LogP contribution in [0, 0.1) is 5.82 Å². The standard InChI is InChI=1S/C13H19FN2O3S/c1-10(16-13(17)15-6-7-20(2)18)9-19-12-5-3-4-11(14)8-12/h3-5,8,10H,6-7,9H2,1-2H3,(H2,15,16,17)/t10-,20+/m1/s1. The number of halogens is 1. The van der Waals surface area contributed by atoms with Gasteiger partial charge in [-0.2, -0.15) is 0 Å². The van der Waals surface area contributed by atoms with Crippen molar-refractivity contribution < 1.29 is 18.1 Å². The predicted octanol–water partition coefficient (Wildman–Crippen LogP) is 1.27. The summed E-state index contributed by atoms with van der Waals surface area (Å²) >= 11 is 0. The Labute approximate surface area is 120 Å². The zero-order valence-electron chi connectivity index (χ0n) is 11.5. The van der Waals surface area contributed by atoms with E-state index in [0.29, 0.717) is 18.0 Å². The Balaban J connectivity index is 2.24. The van der Waals surface area contributed by atoms with E-state index in [0.717, 1.165) is 0 Å². The molecule has 2 atom stereocenters. The van der Waals surface area contributed by atoms with Gasteiger partial charge in [-0.25, -0.2) is 9.18 Å². The predicted molar refractivity (Wildman–Crippen MR) is 76.8 cm³/mol. The van der Waals surface area contributed by atoms with Gasteiger partial charge in [-0.1, -0.05) is 6.07 Å². The van der Waals surface area contributed by atoms with Crippen molar-refractivity contribution in [2.75, 3.05) is 25.2 Å². The number of amides is 2. The molecular formula is C13H19FN2O3S. The molecule has 20 heavy (non-hydrogen) atoms. The molecule has 1 aromatic rings. The van der Waals surface area contributed by atoms with E-state index in [2.05, 4.69) is 10.6 Å². The summed E-state index contributed by atoms with van der Waals surface area (Å²) in [5.74, 6) is 0.468. The van der Waals surface area contributed by atoms with E-state index in [1.54, 1.807) is 25.3 Å². The highest BCUT2D eigenvalue weighted by Gasteiger charge is 2.07. The lowest BCUT2D eigenvalue weighted by molar-refractivity contribution is 0.227. The van der Waals surface area contributed by atoms with Crippen molar-refractivity contribution in [3.8, 4) is 5.75 Å². The summed E-state index contributed by atoms with van der Waals surface area (Å²) in [4.78, 5) is 11.5. The Morgan fingerprint density at radius 2 is 2.25 bits per heavy atom. The Bertz CT molecular complexity index is 471. The number of benzene rings is 1. The van der Waals surface area contributed by atoms with Gasteiger partial charge in [0.05, 0.1) is 6.04 Å². The summed E-state index contributed by atoms with van der Waals surface area (Å²) < 4.78 is 29.1. The molecule has 7 heteroatoms. The van der Waals surface area contributed by atoms with Gasteiger partial charge in [0, 0.05) is 35.4 Å². The van der Waals surface area contributed by atoms with Crippen molar-refractivity contribution >= 4 is 16.8 Å². The number of urea groups is 1. The van der Waals surface area contributed by atoms with Gasteiger partial charge in [0.25, 0.3) is 0 Å². The van der Waals surface area contributed by atoms with Crippen LogP contribution in [-0.2, 0) is 10.8 Å². The van der Waals surface area contributed by atoms with Crippen molar-refractivity contribution in [1.29, 1.82) is 0 Å². The molecule has 5 nitrogen and oxygen atoms in total. The van der Waals surface area contributed by atoms with Crippen LogP contribution in [0.15, 0.2) is 24.3 Å². The quantitative estimate of drug-likeness (QED) is 0.797. The monoisotopic (exact) mass is 302 g/mol. The average molecular weight is 302 g/mol. The van der Waals surface area contributed by atoms with Crippen molar-refractivity contribution in [2.24, 2.45) is 0 Å². The van der Waals surface area contributed by atoms with Gasteiger partial charge < -0.3 is 15.4 Å². The topological polar surface area (TPSA) is 67.4 Å². The van der Waals surface area contributed by atoms with Crippen molar-refractivity contribution in [1.82, 2.24) is 10.6 Å². The number of hydrogen-bond acceptors (Lipinski definition) is 3. The van der Waals surface area contributed by atoms with Crippen LogP contribution in [0.3, 0.4) is 0 Å². The molecule has 0 unspecified atom stereocenters. The maximum absolute atomic E-state index is 12.9. The minimum absolute atomic E-state index is 0.231. The zero-order valence-corrected chi connectivity index (χ0v) is 12.3. The fraction of sp³-hybridized carbons (Fsp3) is 0.462. The molecule has 2 N–H and O–H groups in total. The van der Waals surface area contributed by atoms with Crippen LogP contribution in [0.25, 0.3) is 0 Å². The SMILES string of the molecule is C[C@H](COc1cccc(F)c1)NC(=O)NCC[S@](C)=O. The third-order valence-electron chi connectivity index (χ3n) is 2.35. The van der Waals surface area contributed by atoms with E-state index >= 15 is 0 Å². The summed E-state index contributed by atoms with van der Waals surface area (Å²) in [7, 11) is -0.928. The highest BCUT2D eigenvalue weighted by atomic mass is 32.2. The Kier molecular flexibility index (Phi) is 7.00. The smallest absolute Gasteiger partial charge is 0.315 e. The maximum atomic E-state index is 12.9. The van der Waals surface area contributed by atoms with Gasteiger partial charge >= 0.3 is 6.03 Å². The van der Waals surface area contributed by atoms with Crippen LogP contribution in [0.4, 0.5) is 9.18 Å². The maximum Gasteiger partial charge on any atom is 0.315 e. The molecular weight excluding hydrogens is 283 g/mol. The molecule has 1 rings (SSSR count). The van der Waals surface area contributed by atoms with Crippen LogP contribution in [-0.4, -0.2) is 41.4 Å². The molecule has 0 heterocycles. The molecule has 0 spiro atoms. The molecule has 0 saturated carbocycles. The molecule has 0 saturated heterocycles. The first kappa shape index (κ1) is 16.4. The van der Waals surface area contributed by atoms with E-state index in [9.17, 15) is 13.4 Å². The Hall–Kier alpha value is -1.63. The first-order valence-corrected chi connectivity index (χ1v) is 7.93. The first-order valence-electron chi connectivity index (χ1n) is 6.20. The third-order valence-corrected chi connectivity index (χ3v) is 3.13. The fourth-order valence-corrected chi connectivity index (χ4v) is 1.79. The second-order valence-electron chi connectivity index (χ2n) is 4.35. The second-order valence-corrected chi connectivity index (χ2v) is 5.90. The number of carbonyl (C=O) groups is 1. The molecule has 0 bridgehead atoms. The average Bonchev–Trinajstić information content (AvgIpc) is 2.36. The fourth-order valence-electron chi connectivity index (χ4n) is 1.40. The van der Waals surface area contributed by atoms with Crippen molar-refractivity contribution in [3.05, 3.63) is 30.1 Å². The molecule has 2 amide bonds. The van der Waals surface area contributed by atoms with Crippen LogP contribution >= 0.6 is 0 Å². The normalized spacial score (nSPS) is 13.3. The molecule has 0 aromatic heterocycles. The summed E-state index contributed by atoms with van der Waals surface area (Å²) in [6, 6.07) is 5.24. The molecule has 1 aromatic carbocycles. The summed E-state index contributed by atoms with van der Waals surface area (Å²) in [5, 5.41) is 5.26. The first-order chi connectivity index (χ1) is 9.47. The molecule has 0 aliphatic heterocycles. The van der Waals surface area contributed by atoms with E-state index in [-0.39, 0.29) is 24.5 Å². The number of hydrogen-bond donors (Lipinski definition) is 2. The lowest BCUT2D eigenvalue weighted by atomic mass is 10.3. The Morgan fingerprint density at radius 1 is 1.50 bits per heavy atom. The number of rotatable bonds is 7. The van der Waals surface area contributed by atoms with E-state index in [1.165, 1.54) is 12.1 Å². The minimum Gasteiger partial charge on any atom is -0.491 e. The third kappa shape index (κ3) is 7.08. The lowest BCUT2D eigenvalue weighted by Gasteiger charge is -2.15. The second kappa shape index (κ2) is 8.52. The van der Waals surface area contributed by atoms with Gasteiger partial charge in [-0.3, -0.25) is 4.21 Å². The van der Waals surface area contributed by atoms with E-state index < -0.39 is 10.8 Å². The van der Waals surface area contributed by atoms with Crippen LogP contribution in [0.5, 0.6) is 5.75 Å². The lowest BCUT2D eigenvalue weighted by Crippen LogP contribution is -2.44. The van der Waals surface area contributed by atoms with Crippen molar-refractivity contribution in [2.45, 2.75) is 13.0 Å². The van der Waals surface area contributed by atoms with Crippen LogP contribution in [0.2, 0.25) is 0 Å². The van der Waals surface area contributed by atoms with Gasteiger partial charge in [-0.05, 0) is 19.1 Å². The van der Waals surface area contributed by atoms with Gasteiger partial charge in [0.1, 0.15) is 18.2 Å². The molecule has 0 radical (unpaired) electrons. The van der Waals surface area contributed by atoms with E-state index in [1.807, 2.05) is 0 Å². The van der Waals surface area contributed by atoms with Crippen LogP contribution < -0.4 is 15.4 Å². The Morgan fingerprint density at radius 3 is 2.90 bits per heavy atom. The van der Waals surface area contributed by atoms with E-state index in [4.69, 9.17) is 4.74 Å². The summed E-state index contributed by atoms with van der Waals surface area (Å²) in [5.41, 5.74) is 0. The summed E-state index contributed by atoms with van der Waals surface area (Å²) in [6.45, 7) is 2.36. The summed E-state index contributed by atoms with van der Waals surface area (Å²) in [6.07, 6.45) is 1.58. The van der Waals surface area contributed by atoms with Crippen LogP contribution in [0.1, 0.15) is 6.92 Å². The molecule has 0 aliphatic carbocycles. The number of carbonyl (C=O) groups excluding carboxylic acids is 1. The van der Waals surface area contributed by atoms with Gasteiger partial charge in [-0.15, -0.1) is 0 Å². The molecule has 0 aliphatic rings. The largest absolute Gasteiger partial charge is 0.491 e. The molecule has 0 fully saturated rings. The highest BCUT2D eigenvalue weighted by Crippen LogP contribution is 2.11. The molecule has 112 valence electrons. The minimum atomic E-state index is -0.928.